The molecule has 1 aromatic heterocycles. The summed E-state index contributed by atoms with van der Waals surface area (Å²) in [4.78, 5) is 9.19. The quantitative estimate of drug-likeness (QED) is 0.384. The lowest BCUT2D eigenvalue weighted by molar-refractivity contribution is 0.406. The van der Waals surface area contributed by atoms with Gasteiger partial charge in [-0.05, 0) is 33.3 Å². The summed E-state index contributed by atoms with van der Waals surface area (Å²) >= 11 is 0. The summed E-state index contributed by atoms with van der Waals surface area (Å²) < 4.78 is 5.47. The summed E-state index contributed by atoms with van der Waals surface area (Å²) in [6.07, 6.45) is 1.85. The third-order valence-electron chi connectivity index (χ3n) is 4.02. The molecule has 0 unspecified atom stereocenters. The highest BCUT2D eigenvalue weighted by Gasteiger charge is 2.09. The smallest absolute Gasteiger partial charge is 0.191 e. The molecule has 6 heteroatoms. The van der Waals surface area contributed by atoms with E-state index in [0.29, 0.717) is 13.1 Å². The molecule has 0 aliphatic heterocycles. The van der Waals surface area contributed by atoms with Crippen LogP contribution in [0.2, 0.25) is 0 Å². The van der Waals surface area contributed by atoms with E-state index in [9.17, 15) is 0 Å². The average molecular weight is 468 g/mol. The monoisotopic (exact) mass is 468 g/mol. The normalized spacial score (nSPS) is 10.9. The first-order valence-electron chi connectivity index (χ1n) is 8.62. The lowest BCUT2D eigenvalue weighted by Crippen LogP contribution is -2.37. The second-order valence-corrected chi connectivity index (χ2v) is 6.08. The van der Waals surface area contributed by atoms with Crippen molar-refractivity contribution >= 4 is 29.9 Å². The molecule has 0 aliphatic carbocycles. The number of pyridine rings is 1. The van der Waals surface area contributed by atoms with Gasteiger partial charge in [0.05, 0.1) is 25.9 Å². The van der Waals surface area contributed by atoms with Crippen LogP contribution in [0.3, 0.4) is 0 Å². The number of methoxy groups -OCH3 is 1. The van der Waals surface area contributed by atoms with Crippen LogP contribution in [0.5, 0.6) is 5.75 Å². The molecule has 0 aliphatic rings. The first-order chi connectivity index (χ1) is 12.0. The van der Waals surface area contributed by atoms with Crippen molar-refractivity contribution in [2.75, 3.05) is 13.7 Å². The van der Waals surface area contributed by atoms with Crippen LogP contribution in [-0.2, 0) is 13.1 Å². The number of hydrogen-bond donors (Lipinski definition) is 2. The molecule has 26 heavy (non-hydrogen) atoms. The third-order valence-corrected chi connectivity index (χ3v) is 4.02. The molecular formula is C20H29IN4O. The Morgan fingerprint density at radius 1 is 1.19 bits per heavy atom. The van der Waals surface area contributed by atoms with E-state index in [2.05, 4.69) is 58.7 Å². The number of hydrogen-bond acceptors (Lipinski definition) is 3. The van der Waals surface area contributed by atoms with Gasteiger partial charge in [0, 0.05) is 23.9 Å². The fraction of sp³-hybridized carbons (Fsp3) is 0.400. The van der Waals surface area contributed by atoms with Gasteiger partial charge in [0.25, 0.3) is 0 Å². The Morgan fingerprint density at radius 2 is 1.96 bits per heavy atom. The lowest BCUT2D eigenvalue weighted by Gasteiger charge is -2.15. The van der Waals surface area contributed by atoms with Gasteiger partial charge in [-0.15, -0.1) is 24.0 Å². The van der Waals surface area contributed by atoms with Crippen molar-refractivity contribution in [1.29, 1.82) is 0 Å². The van der Waals surface area contributed by atoms with Crippen molar-refractivity contribution in [1.82, 2.24) is 15.6 Å². The molecule has 0 saturated carbocycles. The summed E-state index contributed by atoms with van der Waals surface area (Å²) in [7, 11) is 1.69. The highest BCUT2D eigenvalue weighted by atomic mass is 127. The highest BCUT2D eigenvalue weighted by molar-refractivity contribution is 14.0. The van der Waals surface area contributed by atoms with Crippen LogP contribution in [0.1, 0.15) is 34.9 Å². The molecule has 0 saturated heterocycles. The van der Waals surface area contributed by atoms with Gasteiger partial charge in [-0.3, -0.25) is 4.98 Å². The van der Waals surface area contributed by atoms with E-state index in [1.807, 2.05) is 20.0 Å². The highest BCUT2D eigenvalue weighted by Crippen LogP contribution is 2.23. The third kappa shape index (κ3) is 6.16. The number of halogens is 1. The Labute approximate surface area is 173 Å². The zero-order valence-electron chi connectivity index (χ0n) is 16.2. The summed E-state index contributed by atoms with van der Waals surface area (Å²) in [5, 5.41) is 6.63. The van der Waals surface area contributed by atoms with Gasteiger partial charge in [-0.1, -0.05) is 29.8 Å². The molecule has 1 aromatic carbocycles. The molecule has 0 fully saturated rings. The van der Waals surface area contributed by atoms with Gasteiger partial charge in [0.2, 0.25) is 0 Å². The van der Waals surface area contributed by atoms with Crippen molar-refractivity contribution in [2.45, 2.75) is 40.8 Å². The minimum Gasteiger partial charge on any atom is -0.496 e. The molecule has 0 radical (unpaired) electrons. The molecule has 2 rings (SSSR count). The van der Waals surface area contributed by atoms with Crippen LogP contribution in [0.15, 0.2) is 35.5 Å². The molecule has 2 aromatic rings. The molecule has 1 heterocycles. The number of rotatable bonds is 6. The SMILES string of the molecule is CCNC(=NCc1cccc(C)c1)NCc1ncc(C)c(OC)c1C.I. The van der Waals surface area contributed by atoms with E-state index in [1.165, 1.54) is 11.1 Å². The van der Waals surface area contributed by atoms with E-state index in [4.69, 9.17) is 4.74 Å². The molecule has 0 bridgehead atoms. The van der Waals surface area contributed by atoms with Crippen molar-refractivity contribution in [2.24, 2.45) is 4.99 Å². The number of aryl methyl sites for hydroxylation is 2. The van der Waals surface area contributed by atoms with E-state index >= 15 is 0 Å². The van der Waals surface area contributed by atoms with Crippen LogP contribution in [0, 0.1) is 20.8 Å². The Kier molecular flexibility index (Phi) is 9.40. The van der Waals surface area contributed by atoms with Gasteiger partial charge in [0.15, 0.2) is 5.96 Å². The maximum absolute atomic E-state index is 5.47. The topological polar surface area (TPSA) is 58.5 Å². The Morgan fingerprint density at radius 3 is 2.62 bits per heavy atom. The summed E-state index contributed by atoms with van der Waals surface area (Å²) in [5.74, 6) is 1.68. The van der Waals surface area contributed by atoms with Crippen molar-refractivity contribution < 1.29 is 4.74 Å². The number of nitrogens with zero attached hydrogens (tertiary/aromatic N) is 2. The second kappa shape index (κ2) is 11.0. The number of benzene rings is 1. The minimum atomic E-state index is 0. The van der Waals surface area contributed by atoms with Crippen LogP contribution >= 0.6 is 24.0 Å². The number of aromatic nitrogens is 1. The van der Waals surface area contributed by atoms with E-state index < -0.39 is 0 Å². The van der Waals surface area contributed by atoms with Gasteiger partial charge >= 0.3 is 0 Å². The summed E-state index contributed by atoms with van der Waals surface area (Å²) in [5.41, 5.74) is 5.51. The van der Waals surface area contributed by atoms with Crippen LogP contribution < -0.4 is 15.4 Å². The van der Waals surface area contributed by atoms with Crippen LogP contribution in [0.25, 0.3) is 0 Å². The Bertz CT molecular complexity index is 747. The van der Waals surface area contributed by atoms with Gasteiger partial charge in [0.1, 0.15) is 5.75 Å². The maximum Gasteiger partial charge on any atom is 0.191 e. The van der Waals surface area contributed by atoms with Crippen LogP contribution in [0.4, 0.5) is 0 Å². The first-order valence-corrected chi connectivity index (χ1v) is 8.62. The molecule has 0 atom stereocenters. The molecule has 0 spiro atoms. The Hall–Kier alpha value is -1.83. The van der Waals surface area contributed by atoms with E-state index in [0.717, 1.165) is 35.1 Å². The van der Waals surface area contributed by atoms with Crippen molar-refractivity contribution in [3.8, 4) is 5.75 Å². The average Bonchev–Trinajstić information content (AvgIpc) is 2.59. The maximum atomic E-state index is 5.47. The number of aliphatic imine (C=N–C) groups is 1. The molecule has 5 nitrogen and oxygen atoms in total. The summed E-state index contributed by atoms with van der Waals surface area (Å²) in [6, 6.07) is 8.41. The zero-order valence-corrected chi connectivity index (χ0v) is 18.5. The standard InChI is InChI=1S/C20H28N4O.HI/c1-6-21-20(23-12-17-9-7-8-14(2)10-17)24-13-18-16(4)19(25-5)15(3)11-22-18;/h7-11H,6,12-13H2,1-5H3,(H2,21,23,24);1H. The van der Waals surface area contributed by atoms with Gasteiger partial charge in [-0.2, -0.15) is 0 Å². The van der Waals surface area contributed by atoms with Crippen molar-refractivity contribution in [3.63, 3.8) is 0 Å². The number of ether oxygens (including phenoxy) is 1. The fourth-order valence-electron chi connectivity index (χ4n) is 2.74. The Balaban J connectivity index is 0.00000338. The predicted molar refractivity (Wildman–Crippen MR) is 119 cm³/mol. The fourth-order valence-corrected chi connectivity index (χ4v) is 2.74. The zero-order chi connectivity index (χ0) is 18.2. The van der Waals surface area contributed by atoms with Gasteiger partial charge in [-0.25, -0.2) is 4.99 Å². The van der Waals surface area contributed by atoms with E-state index in [1.54, 1.807) is 7.11 Å². The minimum absolute atomic E-state index is 0. The molecule has 0 amide bonds. The molecular weight excluding hydrogens is 439 g/mol. The molecule has 142 valence electrons. The first kappa shape index (κ1) is 22.2. The largest absolute Gasteiger partial charge is 0.496 e. The summed E-state index contributed by atoms with van der Waals surface area (Å²) in [6.45, 7) is 10.2. The predicted octanol–water partition coefficient (Wildman–Crippen LogP) is 3.89. The van der Waals surface area contributed by atoms with Gasteiger partial charge < -0.3 is 15.4 Å². The lowest BCUT2D eigenvalue weighted by atomic mass is 10.1. The van der Waals surface area contributed by atoms with Crippen molar-refractivity contribution in [3.05, 3.63) is 58.4 Å². The molecule has 2 N–H and O–H groups in total. The van der Waals surface area contributed by atoms with E-state index in [-0.39, 0.29) is 24.0 Å². The number of guanidine groups is 1. The number of nitrogens with one attached hydrogen (secondary N) is 2. The van der Waals surface area contributed by atoms with Crippen LogP contribution in [-0.4, -0.2) is 24.6 Å². The second-order valence-electron chi connectivity index (χ2n) is 6.08.